The molecule has 0 heterocycles. The molecule has 1 N–H and O–H groups in total. The van der Waals surface area contributed by atoms with Crippen LogP contribution in [0.3, 0.4) is 0 Å². The molecule has 4 bridgehead atoms. The molecular formula is C27H40O5S. The van der Waals surface area contributed by atoms with E-state index in [4.69, 9.17) is 9.29 Å². The summed E-state index contributed by atoms with van der Waals surface area (Å²) in [6.07, 6.45) is 9.66. The van der Waals surface area contributed by atoms with E-state index in [0.717, 1.165) is 43.1 Å². The van der Waals surface area contributed by atoms with Crippen molar-refractivity contribution in [1.29, 1.82) is 0 Å². The molecule has 4 fully saturated rings. The van der Waals surface area contributed by atoms with Gasteiger partial charge in [0.05, 0.1) is 10.3 Å². The van der Waals surface area contributed by atoms with Crippen LogP contribution in [0.5, 0.6) is 0 Å². The largest absolute Gasteiger partial charge is 0.458 e. The first-order chi connectivity index (χ1) is 15.4. The van der Waals surface area contributed by atoms with Crippen LogP contribution in [0.1, 0.15) is 97.0 Å². The molecule has 4 aliphatic carbocycles. The smallest absolute Gasteiger partial charge is 0.312 e. The average molecular weight is 477 g/mol. The maximum absolute atomic E-state index is 13.5. The fourth-order valence-electron chi connectivity index (χ4n) is 6.97. The van der Waals surface area contributed by atoms with Gasteiger partial charge in [-0.15, -0.1) is 0 Å². The molecular weight excluding hydrogens is 436 g/mol. The van der Waals surface area contributed by atoms with Crippen LogP contribution < -0.4 is 0 Å². The fourth-order valence-corrected chi connectivity index (χ4v) is 7.45. The third-order valence-electron chi connectivity index (χ3n) is 9.46. The Morgan fingerprint density at radius 1 is 1.12 bits per heavy atom. The number of carbonyl (C=O) groups is 1. The number of hydrogen-bond acceptors (Lipinski definition) is 4. The highest BCUT2D eigenvalue weighted by molar-refractivity contribution is 7.85. The molecule has 2 atom stereocenters. The number of rotatable bonds is 9. The molecule has 0 saturated heterocycles. The summed E-state index contributed by atoms with van der Waals surface area (Å²) in [5, 5.41) is 0. The summed E-state index contributed by atoms with van der Waals surface area (Å²) >= 11 is 0. The van der Waals surface area contributed by atoms with Gasteiger partial charge >= 0.3 is 5.97 Å². The monoisotopic (exact) mass is 476 g/mol. The normalized spacial score (nSPS) is 33.5. The molecule has 0 aromatic heterocycles. The highest BCUT2D eigenvalue weighted by Crippen LogP contribution is 2.59. The molecule has 0 spiro atoms. The van der Waals surface area contributed by atoms with E-state index in [1.54, 1.807) is 12.1 Å². The van der Waals surface area contributed by atoms with Crippen molar-refractivity contribution in [3.05, 3.63) is 29.8 Å². The van der Waals surface area contributed by atoms with Crippen LogP contribution in [0.15, 0.2) is 29.2 Å². The summed E-state index contributed by atoms with van der Waals surface area (Å²) in [6, 6.07) is 6.41. The standard InChI is InChI=1S/C27H40O5S/c1-5-26(3,12-6-7-18(2)21-8-10-24(11-9-21)33(29,30)31)25(28)32-27(4)22-14-19-13-20(16-22)17-23(27)15-19/h8-11,18-20,22-23H,5-7,12-17H2,1-4H3,(H,29,30,31). The van der Waals surface area contributed by atoms with E-state index in [1.165, 1.54) is 44.2 Å². The second-order valence-corrected chi connectivity index (χ2v) is 13.1. The molecule has 2 unspecified atom stereocenters. The van der Waals surface area contributed by atoms with Crippen molar-refractivity contribution in [3.8, 4) is 0 Å². The van der Waals surface area contributed by atoms with E-state index in [0.29, 0.717) is 11.8 Å². The molecule has 1 aromatic carbocycles. The average Bonchev–Trinajstić information content (AvgIpc) is 2.76. The second-order valence-electron chi connectivity index (χ2n) is 11.6. The van der Waals surface area contributed by atoms with E-state index in [-0.39, 0.29) is 22.4 Å². The minimum Gasteiger partial charge on any atom is -0.458 e. The van der Waals surface area contributed by atoms with Crippen LogP contribution in [0.2, 0.25) is 0 Å². The summed E-state index contributed by atoms with van der Waals surface area (Å²) in [5.74, 6) is 2.98. The van der Waals surface area contributed by atoms with Crippen LogP contribution in [-0.2, 0) is 19.6 Å². The molecule has 0 aliphatic heterocycles. The highest BCUT2D eigenvalue weighted by atomic mass is 32.2. The number of benzene rings is 1. The Morgan fingerprint density at radius 2 is 1.67 bits per heavy atom. The number of ether oxygens (including phenoxy) is 1. The van der Waals surface area contributed by atoms with E-state index in [1.807, 2.05) is 0 Å². The SMILES string of the molecule is CCC(C)(CCCC(C)c1ccc(S(=O)(=O)O)cc1)C(=O)OC1(C)C2CC3CC(C2)CC1C3. The summed E-state index contributed by atoms with van der Waals surface area (Å²) in [5.41, 5.74) is 0.263. The molecule has 6 heteroatoms. The third-order valence-corrected chi connectivity index (χ3v) is 10.3. The first-order valence-electron chi connectivity index (χ1n) is 12.8. The molecule has 184 valence electrons. The molecule has 4 aliphatic rings. The lowest BCUT2D eigenvalue weighted by Crippen LogP contribution is -2.58. The van der Waals surface area contributed by atoms with Gasteiger partial charge in [-0.05, 0) is 112 Å². The predicted molar refractivity (Wildman–Crippen MR) is 128 cm³/mol. The topological polar surface area (TPSA) is 80.7 Å². The van der Waals surface area contributed by atoms with Crippen molar-refractivity contribution in [2.45, 2.75) is 102 Å². The van der Waals surface area contributed by atoms with Crippen molar-refractivity contribution in [3.63, 3.8) is 0 Å². The molecule has 0 radical (unpaired) electrons. The van der Waals surface area contributed by atoms with Gasteiger partial charge in [0.1, 0.15) is 5.60 Å². The number of hydrogen-bond donors (Lipinski definition) is 1. The third kappa shape index (κ3) is 4.88. The molecule has 4 saturated carbocycles. The minimum atomic E-state index is -4.17. The maximum Gasteiger partial charge on any atom is 0.312 e. The van der Waals surface area contributed by atoms with E-state index < -0.39 is 15.5 Å². The van der Waals surface area contributed by atoms with Gasteiger partial charge in [-0.2, -0.15) is 8.42 Å². The van der Waals surface area contributed by atoms with E-state index in [2.05, 4.69) is 27.7 Å². The van der Waals surface area contributed by atoms with E-state index in [9.17, 15) is 13.2 Å². The zero-order chi connectivity index (χ0) is 24.0. The number of carbonyl (C=O) groups excluding carboxylic acids is 1. The van der Waals surface area contributed by atoms with E-state index >= 15 is 0 Å². The van der Waals surface area contributed by atoms with Crippen molar-refractivity contribution < 1.29 is 22.5 Å². The van der Waals surface area contributed by atoms with Crippen LogP contribution in [0.25, 0.3) is 0 Å². The van der Waals surface area contributed by atoms with Crippen LogP contribution in [0, 0.1) is 29.1 Å². The van der Waals surface area contributed by atoms with Crippen molar-refractivity contribution in [1.82, 2.24) is 0 Å². The first kappa shape index (κ1) is 24.7. The molecule has 1 aromatic rings. The van der Waals surface area contributed by atoms with Gasteiger partial charge in [0.2, 0.25) is 0 Å². The zero-order valence-corrected chi connectivity index (χ0v) is 21.4. The molecule has 33 heavy (non-hydrogen) atoms. The van der Waals surface area contributed by atoms with Gasteiger partial charge in [-0.1, -0.05) is 32.4 Å². The Bertz CT molecular complexity index is 939. The Balaban J connectivity index is 1.34. The minimum absolute atomic E-state index is 0.0230. The summed E-state index contributed by atoms with van der Waals surface area (Å²) < 4.78 is 38.1. The van der Waals surface area contributed by atoms with Crippen LogP contribution in [0.4, 0.5) is 0 Å². The van der Waals surface area contributed by atoms with Gasteiger partial charge in [0.15, 0.2) is 0 Å². The predicted octanol–water partition coefficient (Wildman–Crippen LogP) is 6.38. The summed E-state index contributed by atoms with van der Waals surface area (Å²) in [4.78, 5) is 13.4. The van der Waals surface area contributed by atoms with Gasteiger partial charge in [0.25, 0.3) is 10.1 Å². The van der Waals surface area contributed by atoms with Gasteiger partial charge in [0, 0.05) is 0 Å². The van der Waals surface area contributed by atoms with Gasteiger partial charge in [-0.3, -0.25) is 9.35 Å². The Morgan fingerprint density at radius 3 is 2.15 bits per heavy atom. The Kier molecular flexibility index (Phi) is 6.74. The summed E-state index contributed by atoms with van der Waals surface area (Å²) in [7, 11) is -4.17. The highest BCUT2D eigenvalue weighted by Gasteiger charge is 2.57. The molecule has 5 rings (SSSR count). The van der Waals surface area contributed by atoms with Crippen LogP contribution >= 0.6 is 0 Å². The zero-order valence-electron chi connectivity index (χ0n) is 20.5. The lowest BCUT2D eigenvalue weighted by molar-refractivity contribution is -0.212. The maximum atomic E-state index is 13.5. The lowest BCUT2D eigenvalue weighted by atomic mass is 9.50. The quantitative estimate of drug-likeness (QED) is 0.330. The lowest BCUT2D eigenvalue weighted by Gasteiger charge is -2.59. The molecule has 5 nitrogen and oxygen atoms in total. The van der Waals surface area contributed by atoms with Crippen molar-refractivity contribution in [2.75, 3.05) is 0 Å². The fraction of sp³-hybridized carbons (Fsp3) is 0.741. The van der Waals surface area contributed by atoms with Crippen molar-refractivity contribution >= 4 is 16.1 Å². The Labute approximate surface area is 199 Å². The Hall–Kier alpha value is -1.40. The van der Waals surface area contributed by atoms with Gasteiger partial charge in [-0.25, -0.2) is 0 Å². The summed E-state index contributed by atoms with van der Waals surface area (Å²) in [6.45, 7) is 8.46. The number of esters is 1. The molecule has 0 amide bonds. The van der Waals surface area contributed by atoms with Gasteiger partial charge < -0.3 is 4.74 Å². The first-order valence-corrected chi connectivity index (χ1v) is 14.2. The van der Waals surface area contributed by atoms with Crippen molar-refractivity contribution in [2.24, 2.45) is 29.1 Å². The second kappa shape index (κ2) is 8.99. The van der Waals surface area contributed by atoms with Crippen LogP contribution in [-0.4, -0.2) is 24.5 Å².